The second kappa shape index (κ2) is 6.68. The van der Waals surface area contributed by atoms with Crippen molar-refractivity contribution >= 4 is 22.1 Å². The van der Waals surface area contributed by atoms with Gasteiger partial charge in [-0.3, -0.25) is 4.79 Å². The summed E-state index contributed by atoms with van der Waals surface area (Å²) in [5.41, 5.74) is 2.71. The maximum atomic E-state index is 11.6. The maximum Gasteiger partial charge on any atom is 0.178 e. The molecule has 0 spiro atoms. The molecule has 0 aromatic heterocycles. The molecule has 24 heavy (non-hydrogen) atoms. The van der Waals surface area contributed by atoms with E-state index in [0.29, 0.717) is 11.1 Å². The first-order chi connectivity index (χ1) is 11.6. The highest BCUT2D eigenvalue weighted by Gasteiger charge is 2.15. The third-order valence-electron chi connectivity index (χ3n) is 3.67. The van der Waals surface area contributed by atoms with Crippen LogP contribution >= 0.6 is 0 Å². The maximum absolute atomic E-state index is 11.6. The first-order valence-electron chi connectivity index (χ1n) is 7.24. The molecule has 0 heterocycles. The van der Waals surface area contributed by atoms with Gasteiger partial charge in [0.15, 0.2) is 16.5 Å². The average molecular weight is 338 g/mol. The Kier molecular flexibility index (Phi) is 4.44. The Bertz CT molecular complexity index is 935. The van der Waals surface area contributed by atoms with Gasteiger partial charge in [-0.25, -0.2) is 8.42 Å². The lowest BCUT2D eigenvalue weighted by Crippen LogP contribution is -1.99. The number of hydrogen-bond acceptors (Lipinski definition) is 4. The fourth-order valence-electron chi connectivity index (χ4n) is 2.57. The number of aromatic hydroxyl groups is 1. The van der Waals surface area contributed by atoms with Crippen LogP contribution in [0, 0.1) is 0 Å². The largest absolute Gasteiger partial charge is 0.508 e. The predicted octanol–water partition coefficient (Wildman–Crippen LogP) is 2.86. The quantitative estimate of drug-likeness (QED) is 0.844. The summed E-state index contributed by atoms with van der Waals surface area (Å²) in [5.74, 6) is 0.00295. The number of rotatable bonds is 3. The molecular weight excluding hydrogens is 324 g/mol. The number of carbonyl (C=O) groups is 1. The van der Waals surface area contributed by atoms with Crippen LogP contribution in [0.1, 0.15) is 11.1 Å². The number of benzene rings is 2. The van der Waals surface area contributed by atoms with E-state index in [1.165, 1.54) is 24.3 Å². The second-order valence-corrected chi connectivity index (χ2v) is 6.22. The average Bonchev–Trinajstić information content (AvgIpc) is 2.59. The molecule has 0 amide bonds. The highest BCUT2D eigenvalue weighted by Crippen LogP contribution is 2.33. The minimum Gasteiger partial charge on any atom is -0.508 e. The lowest BCUT2D eigenvalue weighted by atomic mass is 9.91. The van der Waals surface area contributed by atoms with E-state index in [4.69, 9.17) is 0 Å². The molecule has 1 N–H and O–H groups in total. The number of hydrogen-bond donors (Lipinski definition) is 2. The van der Waals surface area contributed by atoms with Crippen molar-refractivity contribution in [2.24, 2.45) is 0 Å². The van der Waals surface area contributed by atoms with E-state index in [1.54, 1.807) is 48.6 Å². The zero-order valence-corrected chi connectivity index (χ0v) is 13.4. The summed E-state index contributed by atoms with van der Waals surface area (Å²) < 4.78 is 23.3. The standard InChI is InChI=1S/C19H14O4S/c20-15-9-5-13(6-10-15)19(14-7-11-16(21)12-8-14)17-3-1-2-4-18(17)24(22)23/h1-12,20,24H. The summed E-state index contributed by atoms with van der Waals surface area (Å²) in [5, 5.41) is 9.51. The van der Waals surface area contributed by atoms with Gasteiger partial charge < -0.3 is 5.11 Å². The van der Waals surface area contributed by atoms with Crippen molar-refractivity contribution < 1.29 is 18.3 Å². The molecule has 2 aromatic rings. The Labute approximate surface area is 141 Å². The highest BCUT2D eigenvalue weighted by atomic mass is 32.2. The minimum absolute atomic E-state index is 0.119. The molecule has 1 aliphatic rings. The number of allylic oxidation sites excluding steroid dienone is 5. The molecule has 0 fully saturated rings. The molecule has 0 unspecified atom stereocenters. The summed E-state index contributed by atoms with van der Waals surface area (Å²) in [4.78, 5) is 11.6. The van der Waals surface area contributed by atoms with E-state index in [-0.39, 0.29) is 16.4 Å². The third-order valence-corrected chi connectivity index (χ3v) is 4.45. The molecule has 0 saturated heterocycles. The van der Waals surface area contributed by atoms with Crippen LogP contribution in [0.25, 0.3) is 5.57 Å². The fraction of sp³-hybridized carbons (Fsp3) is 0. The topological polar surface area (TPSA) is 71.4 Å². The molecule has 5 heteroatoms. The van der Waals surface area contributed by atoms with Gasteiger partial charge in [0, 0.05) is 5.56 Å². The number of phenolic OH excluding ortho intramolecular Hbond substituents is 1. The van der Waals surface area contributed by atoms with Crippen molar-refractivity contribution in [3.8, 4) is 5.75 Å². The van der Waals surface area contributed by atoms with Crippen molar-refractivity contribution in [3.63, 3.8) is 0 Å². The van der Waals surface area contributed by atoms with Gasteiger partial charge in [0.1, 0.15) is 5.75 Å². The normalized spacial score (nSPS) is 13.5. The van der Waals surface area contributed by atoms with Crippen LogP contribution in [-0.4, -0.2) is 19.3 Å². The van der Waals surface area contributed by atoms with Crippen molar-refractivity contribution in [3.05, 3.63) is 89.5 Å². The highest BCUT2D eigenvalue weighted by molar-refractivity contribution is 7.72. The van der Waals surface area contributed by atoms with E-state index < -0.39 is 10.7 Å². The van der Waals surface area contributed by atoms with Crippen LogP contribution in [0.2, 0.25) is 0 Å². The van der Waals surface area contributed by atoms with Crippen LogP contribution in [0.3, 0.4) is 0 Å². The van der Waals surface area contributed by atoms with E-state index in [9.17, 15) is 18.3 Å². The third kappa shape index (κ3) is 3.21. The summed E-state index contributed by atoms with van der Waals surface area (Å²) >= 11 is 0. The number of phenols is 1. The molecule has 0 radical (unpaired) electrons. The van der Waals surface area contributed by atoms with E-state index in [1.807, 2.05) is 0 Å². The molecule has 4 nitrogen and oxygen atoms in total. The summed E-state index contributed by atoms with van der Waals surface area (Å²) in [6.45, 7) is 0. The van der Waals surface area contributed by atoms with E-state index >= 15 is 0 Å². The van der Waals surface area contributed by atoms with Crippen LogP contribution in [0.4, 0.5) is 0 Å². The zero-order valence-electron chi connectivity index (χ0n) is 12.5. The Morgan fingerprint density at radius 1 is 0.833 bits per heavy atom. The van der Waals surface area contributed by atoms with Crippen molar-refractivity contribution in [2.75, 3.05) is 0 Å². The molecule has 0 atom stereocenters. The number of ketones is 1. The summed E-state index contributed by atoms with van der Waals surface area (Å²) in [6, 6.07) is 13.2. The first-order valence-corrected chi connectivity index (χ1v) is 8.41. The van der Waals surface area contributed by atoms with Gasteiger partial charge in [-0.1, -0.05) is 42.5 Å². The fourth-order valence-corrected chi connectivity index (χ4v) is 3.16. The Hall–Kier alpha value is -2.92. The van der Waals surface area contributed by atoms with Crippen molar-refractivity contribution in [1.29, 1.82) is 0 Å². The van der Waals surface area contributed by atoms with Gasteiger partial charge in [-0.05, 0) is 47.1 Å². The molecular formula is C19H14O4S. The molecule has 0 saturated carbocycles. The summed E-state index contributed by atoms with van der Waals surface area (Å²) in [7, 11) is -2.77. The lowest BCUT2D eigenvalue weighted by molar-refractivity contribution is -0.110. The van der Waals surface area contributed by atoms with E-state index in [2.05, 4.69) is 0 Å². The Morgan fingerprint density at radius 2 is 1.46 bits per heavy atom. The zero-order chi connectivity index (χ0) is 17.1. The Balaban J connectivity index is 2.30. The van der Waals surface area contributed by atoms with Crippen LogP contribution in [0.5, 0.6) is 5.75 Å². The SMILES string of the molecule is O=C1C=CC(=C(c2ccc(O)cc2)c2ccccc2[SH](=O)=O)C=C1. The van der Waals surface area contributed by atoms with Gasteiger partial charge in [0.2, 0.25) is 0 Å². The molecule has 120 valence electrons. The van der Waals surface area contributed by atoms with Gasteiger partial charge in [0.25, 0.3) is 0 Å². The minimum atomic E-state index is -2.77. The van der Waals surface area contributed by atoms with Crippen LogP contribution < -0.4 is 0 Å². The van der Waals surface area contributed by atoms with Crippen molar-refractivity contribution in [1.82, 2.24) is 0 Å². The number of thiol groups is 1. The van der Waals surface area contributed by atoms with Gasteiger partial charge >= 0.3 is 0 Å². The monoisotopic (exact) mass is 338 g/mol. The molecule has 0 bridgehead atoms. The van der Waals surface area contributed by atoms with Crippen LogP contribution in [0.15, 0.2) is 83.3 Å². The predicted molar refractivity (Wildman–Crippen MR) is 92.4 cm³/mol. The van der Waals surface area contributed by atoms with Crippen LogP contribution in [-0.2, 0) is 15.5 Å². The van der Waals surface area contributed by atoms with Gasteiger partial charge in [-0.15, -0.1) is 0 Å². The molecule has 1 aliphatic carbocycles. The van der Waals surface area contributed by atoms with Crippen molar-refractivity contribution in [2.45, 2.75) is 4.90 Å². The van der Waals surface area contributed by atoms with E-state index in [0.717, 1.165) is 11.1 Å². The lowest BCUT2D eigenvalue weighted by Gasteiger charge is -2.15. The first kappa shape index (κ1) is 16.0. The molecule has 3 rings (SSSR count). The smallest absolute Gasteiger partial charge is 0.178 e. The van der Waals surface area contributed by atoms with Gasteiger partial charge in [0.05, 0.1) is 4.90 Å². The molecule has 0 aliphatic heterocycles. The summed E-state index contributed by atoms with van der Waals surface area (Å²) in [6.07, 6.45) is 6.21. The second-order valence-electron chi connectivity index (χ2n) is 5.22. The molecule has 2 aromatic carbocycles. The Morgan fingerprint density at radius 3 is 2.08 bits per heavy atom. The number of carbonyl (C=O) groups excluding carboxylic acids is 1. The van der Waals surface area contributed by atoms with Gasteiger partial charge in [-0.2, -0.15) is 0 Å².